The minimum Gasteiger partial charge on any atom is -0.466 e. The molecule has 1 N–H and O–H groups in total. The molecule has 0 aliphatic rings. The SMILES string of the molecule is COC(=O)/C=C/CNc1ccc(Br)cc1. The predicted molar refractivity (Wildman–Crippen MR) is 63.8 cm³/mol. The van der Waals surface area contributed by atoms with Crippen molar-refractivity contribution in [2.45, 2.75) is 0 Å². The Morgan fingerprint density at radius 2 is 2.13 bits per heavy atom. The van der Waals surface area contributed by atoms with Gasteiger partial charge in [-0.15, -0.1) is 0 Å². The van der Waals surface area contributed by atoms with Crippen molar-refractivity contribution in [1.29, 1.82) is 0 Å². The first-order chi connectivity index (χ1) is 7.22. The molecule has 4 heteroatoms. The number of hydrogen-bond acceptors (Lipinski definition) is 3. The van der Waals surface area contributed by atoms with Gasteiger partial charge in [-0.3, -0.25) is 0 Å². The summed E-state index contributed by atoms with van der Waals surface area (Å²) in [4.78, 5) is 10.7. The van der Waals surface area contributed by atoms with Gasteiger partial charge in [0, 0.05) is 22.8 Å². The first kappa shape index (κ1) is 11.8. The van der Waals surface area contributed by atoms with Crippen molar-refractivity contribution < 1.29 is 9.53 Å². The van der Waals surface area contributed by atoms with E-state index in [-0.39, 0.29) is 5.97 Å². The van der Waals surface area contributed by atoms with Crippen LogP contribution in [0.1, 0.15) is 0 Å². The molecule has 3 nitrogen and oxygen atoms in total. The largest absolute Gasteiger partial charge is 0.466 e. The van der Waals surface area contributed by atoms with E-state index in [1.165, 1.54) is 13.2 Å². The summed E-state index contributed by atoms with van der Waals surface area (Å²) >= 11 is 3.35. The summed E-state index contributed by atoms with van der Waals surface area (Å²) in [6.45, 7) is 0.594. The topological polar surface area (TPSA) is 38.3 Å². The van der Waals surface area contributed by atoms with E-state index in [4.69, 9.17) is 0 Å². The van der Waals surface area contributed by atoms with Crippen LogP contribution in [0.5, 0.6) is 0 Å². The molecule has 0 saturated heterocycles. The second kappa shape index (κ2) is 6.24. The molecule has 0 heterocycles. The molecule has 0 spiro atoms. The fraction of sp³-hybridized carbons (Fsp3) is 0.182. The van der Waals surface area contributed by atoms with Crippen LogP contribution >= 0.6 is 15.9 Å². The number of rotatable bonds is 4. The van der Waals surface area contributed by atoms with Crippen LogP contribution in [0.15, 0.2) is 40.9 Å². The van der Waals surface area contributed by atoms with Gasteiger partial charge in [-0.25, -0.2) is 4.79 Å². The summed E-state index contributed by atoms with van der Waals surface area (Å²) < 4.78 is 5.50. The highest BCUT2D eigenvalue weighted by Crippen LogP contribution is 2.13. The molecule has 0 aliphatic carbocycles. The Hall–Kier alpha value is -1.29. The quantitative estimate of drug-likeness (QED) is 0.675. The highest BCUT2D eigenvalue weighted by molar-refractivity contribution is 9.10. The summed E-state index contributed by atoms with van der Waals surface area (Å²) in [6.07, 6.45) is 3.11. The molecule has 0 radical (unpaired) electrons. The van der Waals surface area contributed by atoms with Crippen LogP contribution in [0, 0.1) is 0 Å². The van der Waals surface area contributed by atoms with Gasteiger partial charge in [0.1, 0.15) is 0 Å². The van der Waals surface area contributed by atoms with Gasteiger partial charge in [-0.1, -0.05) is 22.0 Å². The fourth-order valence-electron chi connectivity index (χ4n) is 0.968. The fourth-order valence-corrected chi connectivity index (χ4v) is 1.23. The number of benzene rings is 1. The smallest absolute Gasteiger partial charge is 0.330 e. The number of halogens is 1. The van der Waals surface area contributed by atoms with Crippen LogP contribution in [0.25, 0.3) is 0 Å². The Labute approximate surface area is 97.3 Å². The Kier molecular flexibility index (Phi) is 4.90. The van der Waals surface area contributed by atoms with Gasteiger partial charge in [0.15, 0.2) is 0 Å². The van der Waals surface area contributed by atoms with Crippen LogP contribution in [0.3, 0.4) is 0 Å². The van der Waals surface area contributed by atoms with E-state index in [1.807, 2.05) is 24.3 Å². The Morgan fingerprint density at radius 3 is 2.73 bits per heavy atom. The average molecular weight is 270 g/mol. The lowest BCUT2D eigenvalue weighted by atomic mass is 10.3. The summed E-state index contributed by atoms with van der Waals surface area (Å²) in [5.74, 6) is -0.340. The molecule has 0 fully saturated rings. The highest BCUT2D eigenvalue weighted by Gasteiger charge is 1.91. The Balaban J connectivity index is 2.35. The third kappa shape index (κ3) is 4.65. The molecule has 0 bridgehead atoms. The number of carbonyl (C=O) groups is 1. The molecule has 0 unspecified atom stereocenters. The number of methoxy groups -OCH3 is 1. The molecule has 0 aromatic heterocycles. The van der Waals surface area contributed by atoms with E-state index < -0.39 is 0 Å². The van der Waals surface area contributed by atoms with E-state index in [2.05, 4.69) is 26.0 Å². The monoisotopic (exact) mass is 269 g/mol. The second-order valence-corrected chi connectivity index (χ2v) is 3.73. The Morgan fingerprint density at radius 1 is 1.47 bits per heavy atom. The van der Waals surface area contributed by atoms with Gasteiger partial charge < -0.3 is 10.1 Å². The summed E-state index contributed by atoms with van der Waals surface area (Å²) in [5.41, 5.74) is 1.01. The lowest BCUT2D eigenvalue weighted by Crippen LogP contribution is -2.00. The van der Waals surface area contributed by atoms with Gasteiger partial charge in [0.2, 0.25) is 0 Å². The molecule has 0 aliphatic heterocycles. The zero-order valence-electron chi connectivity index (χ0n) is 8.37. The van der Waals surface area contributed by atoms with Crippen LogP contribution < -0.4 is 5.32 Å². The maximum atomic E-state index is 10.7. The van der Waals surface area contributed by atoms with Crippen molar-refractivity contribution in [2.75, 3.05) is 19.0 Å². The van der Waals surface area contributed by atoms with Crippen LogP contribution in [0.2, 0.25) is 0 Å². The molecule has 80 valence electrons. The number of nitrogens with one attached hydrogen (secondary N) is 1. The van der Waals surface area contributed by atoms with E-state index >= 15 is 0 Å². The third-order valence-electron chi connectivity index (χ3n) is 1.72. The first-order valence-electron chi connectivity index (χ1n) is 4.46. The molecule has 1 aromatic rings. The van der Waals surface area contributed by atoms with E-state index in [9.17, 15) is 4.79 Å². The van der Waals surface area contributed by atoms with Crippen molar-refractivity contribution in [1.82, 2.24) is 0 Å². The van der Waals surface area contributed by atoms with Gasteiger partial charge in [-0.05, 0) is 24.3 Å². The van der Waals surface area contributed by atoms with Gasteiger partial charge in [0.25, 0.3) is 0 Å². The maximum Gasteiger partial charge on any atom is 0.330 e. The molecular formula is C11H12BrNO2. The average Bonchev–Trinajstić information content (AvgIpc) is 2.26. The lowest BCUT2D eigenvalue weighted by molar-refractivity contribution is -0.134. The van der Waals surface area contributed by atoms with E-state index in [0.29, 0.717) is 6.54 Å². The molecule has 15 heavy (non-hydrogen) atoms. The van der Waals surface area contributed by atoms with Gasteiger partial charge >= 0.3 is 5.97 Å². The number of carbonyl (C=O) groups excluding carboxylic acids is 1. The molecule has 0 amide bonds. The normalized spacial score (nSPS) is 10.3. The van der Waals surface area contributed by atoms with Gasteiger partial charge in [0.05, 0.1) is 7.11 Å². The van der Waals surface area contributed by atoms with Crippen LogP contribution in [-0.4, -0.2) is 19.6 Å². The number of anilines is 1. The molecule has 1 aromatic carbocycles. The second-order valence-electron chi connectivity index (χ2n) is 2.81. The molecule has 1 rings (SSSR count). The minimum absolute atomic E-state index is 0.340. The van der Waals surface area contributed by atoms with Crippen LogP contribution in [0.4, 0.5) is 5.69 Å². The summed E-state index contributed by atoms with van der Waals surface area (Å²) in [6, 6.07) is 7.81. The molecular weight excluding hydrogens is 258 g/mol. The van der Waals surface area contributed by atoms with Crippen LogP contribution in [-0.2, 0) is 9.53 Å². The van der Waals surface area contributed by atoms with Crippen molar-refractivity contribution in [3.8, 4) is 0 Å². The van der Waals surface area contributed by atoms with Crippen molar-refractivity contribution in [3.63, 3.8) is 0 Å². The minimum atomic E-state index is -0.340. The van der Waals surface area contributed by atoms with Crippen molar-refractivity contribution >= 4 is 27.6 Å². The predicted octanol–water partition coefficient (Wildman–Crippen LogP) is 2.59. The number of esters is 1. The Bertz CT molecular complexity index is 346. The van der Waals surface area contributed by atoms with E-state index in [0.717, 1.165) is 10.2 Å². The standard InChI is InChI=1S/C11H12BrNO2/c1-15-11(14)3-2-8-13-10-6-4-9(12)5-7-10/h2-7,13H,8H2,1H3/b3-2+. The zero-order valence-corrected chi connectivity index (χ0v) is 9.95. The molecule has 0 saturated carbocycles. The van der Waals surface area contributed by atoms with Crippen molar-refractivity contribution in [2.24, 2.45) is 0 Å². The maximum absolute atomic E-state index is 10.7. The lowest BCUT2D eigenvalue weighted by Gasteiger charge is -2.02. The van der Waals surface area contributed by atoms with Crippen molar-refractivity contribution in [3.05, 3.63) is 40.9 Å². The number of ether oxygens (including phenoxy) is 1. The summed E-state index contributed by atoms with van der Waals surface area (Å²) in [5, 5.41) is 3.14. The van der Waals surface area contributed by atoms with E-state index in [1.54, 1.807) is 6.08 Å². The molecule has 0 atom stereocenters. The first-order valence-corrected chi connectivity index (χ1v) is 5.25. The number of hydrogen-bond donors (Lipinski definition) is 1. The highest BCUT2D eigenvalue weighted by atomic mass is 79.9. The third-order valence-corrected chi connectivity index (χ3v) is 2.25. The zero-order chi connectivity index (χ0) is 11.1. The van der Waals surface area contributed by atoms with Gasteiger partial charge in [-0.2, -0.15) is 0 Å². The summed E-state index contributed by atoms with van der Waals surface area (Å²) in [7, 11) is 1.36.